The number of benzene rings is 2. The number of nitrogens with zero attached hydrogens (tertiary/aromatic N) is 2. The molecule has 1 heterocycles. The summed E-state index contributed by atoms with van der Waals surface area (Å²) >= 11 is 0. The van der Waals surface area contributed by atoms with Gasteiger partial charge in [0.25, 0.3) is 5.91 Å². The fraction of sp³-hybridized carbons (Fsp3) is 0.467. The maximum Gasteiger partial charge on any atom is 0.332 e. The highest BCUT2D eigenvalue weighted by Gasteiger charge is 2.24. The summed E-state index contributed by atoms with van der Waals surface area (Å²) in [6.07, 6.45) is 0. The van der Waals surface area contributed by atoms with E-state index >= 15 is 0 Å². The van der Waals surface area contributed by atoms with Crippen LogP contribution in [-0.4, -0.2) is 81.1 Å². The summed E-state index contributed by atoms with van der Waals surface area (Å²) in [7, 11) is 0. The van der Waals surface area contributed by atoms with Crippen molar-refractivity contribution in [1.29, 1.82) is 0 Å². The lowest BCUT2D eigenvalue weighted by atomic mass is 9.90. The molecule has 0 saturated carbocycles. The van der Waals surface area contributed by atoms with Gasteiger partial charge in [-0.2, -0.15) is 0 Å². The molecule has 0 bridgehead atoms. The topological polar surface area (TPSA) is 101 Å². The Labute approximate surface area is 231 Å². The molecule has 39 heavy (non-hydrogen) atoms. The van der Waals surface area contributed by atoms with Crippen LogP contribution in [-0.2, 0) is 24.6 Å². The molecule has 1 amide bonds. The second kappa shape index (κ2) is 14.8. The van der Waals surface area contributed by atoms with Crippen LogP contribution in [0.25, 0.3) is 0 Å². The molecule has 0 aliphatic carbocycles. The predicted molar refractivity (Wildman–Crippen MR) is 149 cm³/mol. The normalized spacial score (nSPS) is 13.9. The lowest BCUT2D eigenvalue weighted by Crippen LogP contribution is -2.43. The van der Waals surface area contributed by atoms with Crippen LogP contribution in [0.4, 0.5) is 5.69 Å². The number of aliphatic hydroxyl groups is 1. The number of esters is 1. The van der Waals surface area contributed by atoms with Gasteiger partial charge in [-0.1, -0.05) is 30.0 Å². The number of anilines is 1. The van der Waals surface area contributed by atoms with E-state index in [2.05, 4.69) is 22.2 Å². The molecule has 2 aromatic carbocycles. The van der Waals surface area contributed by atoms with E-state index in [4.69, 9.17) is 14.2 Å². The number of hydrogen-bond acceptors (Lipinski definition) is 8. The Morgan fingerprint density at radius 3 is 2.54 bits per heavy atom. The van der Waals surface area contributed by atoms with Crippen molar-refractivity contribution in [2.45, 2.75) is 33.3 Å². The average molecular weight is 538 g/mol. The molecule has 1 fully saturated rings. The van der Waals surface area contributed by atoms with E-state index in [-0.39, 0.29) is 25.7 Å². The first-order valence-corrected chi connectivity index (χ1v) is 13.1. The number of ether oxygens (including phenoxy) is 3. The largest absolute Gasteiger partial charge is 0.463 e. The van der Waals surface area contributed by atoms with Crippen molar-refractivity contribution in [1.82, 2.24) is 10.3 Å². The van der Waals surface area contributed by atoms with Crippen molar-refractivity contribution in [2.24, 2.45) is 0 Å². The van der Waals surface area contributed by atoms with Crippen molar-refractivity contribution in [2.75, 3.05) is 64.2 Å². The zero-order chi connectivity index (χ0) is 28.3. The average Bonchev–Trinajstić information content (AvgIpc) is 2.92. The second-order valence-electron chi connectivity index (χ2n) is 9.86. The van der Waals surface area contributed by atoms with Crippen LogP contribution in [0.1, 0.15) is 40.9 Å². The van der Waals surface area contributed by atoms with Gasteiger partial charge in [-0.25, -0.2) is 15.2 Å². The monoisotopic (exact) mass is 537 g/mol. The molecule has 0 aromatic heterocycles. The quantitative estimate of drug-likeness (QED) is 0.195. The number of morpholine rings is 1. The number of aryl methyl sites for hydroxylation is 1. The molecule has 210 valence electrons. The van der Waals surface area contributed by atoms with Gasteiger partial charge in [-0.15, -0.1) is 0 Å². The molecule has 0 unspecified atom stereocenters. The highest BCUT2D eigenvalue weighted by Crippen LogP contribution is 2.30. The summed E-state index contributed by atoms with van der Waals surface area (Å²) in [5.74, 6) is 5.09. The van der Waals surface area contributed by atoms with Gasteiger partial charge in [0.2, 0.25) is 0 Å². The first kappa shape index (κ1) is 30.3. The van der Waals surface area contributed by atoms with Crippen LogP contribution >= 0.6 is 0 Å². The first-order valence-electron chi connectivity index (χ1n) is 13.1. The Morgan fingerprint density at radius 2 is 1.85 bits per heavy atom. The molecular weight excluding hydrogens is 498 g/mol. The van der Waals surface area contributed by atoms with Crippen molar-refractivity contribution in [3.05, 3.63) is 64.7 Å². The number of carbonyl (C=O) groups is 2. The van der Waals surface area contributed by atoms with E-state index in [9.17, 15) is 14.7 Å². The SMILES string of the molecule is Cc1cc(N(NCC#CCOCC(=O)OCCN2CCOCC2)C(=O)c2ccccc2)cc(C(C)(C)O)c1C. The van der Waals surface area contributed by atoms with E-state index < -0.39 is 11.6 Å². The van der Waals surface area contributed by atoms with Gasteiger partial charge in [-0.05, 0) is 68.7 Å². The van der Waals surface area contributed by atoms with Gasteiger partial charge >= 0.3 is 5.97 Å². The van der Waals surface area contributed by atoms with Crippen LogP contribution in [0.15, 0.2) is 42.5 Å². The van der Waals surface area contributed by atoms with Crippen LogP contribution in [0.2, 0.25) is 0 Å². The Hall–Kier alpha value is -3.26. The summed E-state index contributed by atoms with van der Waals surface area (Å²) in [5.41, 5.74) is 5.78. The summed E-state index contributed by atoms with van der Waals surface area (Å²) < 4.78 is 15.8. The minimum Gasteiger partial charge on any atom is -0.463 e. The molecule has 0 spiro atoms. The Kier molecular flexibility index (Phi) is 11.5. The predicted octanol–water partition coefficient (Wildman–Crippen LogP) is 2.58. The van der Waals surface area contributed by atoms with Gasteiger partial charge in [0, 0.05) is 25.2 Å². The minimum absolute atomic E-state index is 0.0549. The molecule has 1 saturated heterocycles. The molecule has 3 rings (SSSR count). The Balaban J connectivity index is 1.55. The number of amides is 1. The zero-order valence-electron chi connectivity index (χ0n) is 23.3. The van der Waals surface area contributed by atoms with Crippen LogP contribution in [0, 0.1) is 25.7 Å². The fourth-order valence-corrected chi connectivity index (χ4v) is 4.17. The third kappa shape index (κ3) is 9.46. The molecule has 9 nitrogen and oxygen atoms in total. The fourth-order valence-electron chi connectivity index (χ4n) is 4.17. The molecule has 2 aromatic rings. The number of rotatable bonds is 11. The maximum absolute atomic E-state index is 13.4. The number of carbonyl (C=O) groups excluding carboxylic acids is 2. The summed E-state index contributed by atoms with van der Waals surface area (Å²) in [5, 5.41) is 12.1. The van der Waals surface area contributed by atoms with E-state index in [1.165, 1.54) is 5.01 Å². The summed E-state index contributed by atoms with van der Waals surface area (Å²) in [6, 6.07) is 12.7. The standard InChI is InChI=1S/C30H39N3O6/c1-23-20-26(21-27(24(23)2)30(3,4)36)33(29(35)25-10-6-5-7-11-25)31-12-8-9-16-38-22-28(34)39-19-15-32-13-17-37-18-14-32/h5-7,10-11,20-21,31,36H,12-19,22H2,1-4H3. The van der Waals surface area contributed by atoms with Crippen molar-refractivity contribution in [3.8, 4) is 11.8 Å². The molecule has 0 atom stereocenters. The third-order valence-electron chi connectivity index (χ3n) is 6.41. The second-order valence-corrected chi connectivity index (χ2v) is 9.86. The van der Waals surface area contributed by atoms with Crippen LogP contribution in [0.5, 0.6) is 0 Å². The number of nitrogens with one attached hydrogen (secondary N) is 1. The van der Waals surface area contributed by atoms with Crippen molar-refractivity contribution in [3.63, 3.8) is 0 Å². The van der Waals surface area contributed by atoms with E-state index in [0.29, 0.717) is 37.6 Å². The summed E-state index contributed by atoms with van der Waals surface area (Å²) in [6.45, 7) is 11.5. The molecule has 9 heteroatoms. The smallest absolute Gasteiger partial charge is 0.332 e. The molecular formula is C30H39N3O6. The molecule has 0 radical (unpaired) electrons. The highest BCUT2D eigenvalue weighted by atomic mass is 16.6. The van der Waals surface area contributed by atoms with Gasteiger partial charge in [0.1, 0.15) is 19.8 Å². The van der Waals surface area contributed by atoms with Crippen molar-refractivity contribution < 1.29 is 28.9 Å². The summed E-state index contributed by atoms with van der Waals surface area (Å²) in [4.78, 5) is 27.5. The van der Waals surface area contributed by atoms with E-state index in [0.717, 1.165) is 29.8 Å². The highest BCUT2D eigenvalue weighted by molar-refractivity contribution is 6.05. The third-order valence-corrected chi connectivity index (χ3v) is 6.41. The number of hydrazine groups is 1. The maximum atomic E-state index is 13.4. The molecule has 1 aliphatic rings. The van der Waals surface area contributed by atoms with Gasteiger partial charge in [-0.3, -0.25) is 9.69 Å². The van der Waals surface area contributed by atoms with Crippen molar-refractivity contribution >= 4 is 17.6 Å². The number of hydrogen-bond donors (Lipinski definition) is 2. The minimum atomic E-state index is -1.08. The molecule has 1 aliphatic heterocycles. The van der Waals surface area contributed by atoms with Gasteiger partial charge in [0.15, 0.2) is 0 Å². The van der Waals surface area contributed by atoms with Crippen LogP contribution in [0.3, 0.4) is 0 Å². The van der Waals surface area contributed by atoms with E-state index in [1.807, 2.05) is 32.0 Å². The molecule has 2 N–H and O–H groups in total. The zero-order valence-corrected chi connectivity index (χ0v) is 23.3. The lowest BCUT2D eigenvalue weighted by Gasteiger charge is -2.28. The van der Waals surface area contributed by atoms with E-state index in [1.54, 1.807) is 38.1 Å². The van der Waals surface area contributed by atoms with Crippen LogP contribution < -0.4 is 10.4 Å². The Morgan fingerprint density at radius 1 is 1.13 bits per heavy atom. The van der Waals surface area contributed by atoms with Gasteiger partial charge in [0.05, 0.1) is 31.0 Å². The Bertz CT molecular complexity index is 1160. The van der Waals surface area contributed by atoms with Gasteiger partial charge < -0.3 is 19.3 Å². The lowest BCUT2D eigenvalue weighted by molar-refractivity contribution is -0.149. The first-order chi connectivity index (χ1) is 18.7.